The van der Waals surface area contributed by atoms with Crippen molar-refractivity contribution in [3.05, 3.63) is 586 Å². The molecule has 2 heterocycles. The van der Waals surface area contributed by atoms with E-state index in [2.05, 4.69) is 400 Å². The molecule has 0 N–H and O–H groups in total. The van der Waals surface area contributed by atoms with E-state index in [-0.39, 0.29) is 0 Å². The minimum atomic E-state index is -0.561. The first kappa shape index (κ1) is 76.8. The Morgan fingerprint density at radius 3 is 0.669 bits per heavy atom. The smallest absolute Gasteiger partial charge is 0.164 e. The normalized spacial score (nSPS) is 13.6. The number of hydrogen-bond donors (Lipinski definition) is 0. The first-order valence-electron chi connectivity index (χ1n) is 44.6. The maximum absolute atomic E-state index is 5.09. The Morgan fingerprint density at radius 2 is 0.323 bits per heavy atom. The molecule has 0 saturated carbocycles. The van der Waals surface area contributed by atoms with Gasteiger partial charge in [-0.2, -0.15) is 0 Å². The highest BCUT2D eigenvalue weighted by Crippen LogP contribution is 2.68. The van der Waals surface area contributed by atoms with Gasteiger partial charge in [0, 0.05) is 33.4 Å². The third kappa shape index (κ3) is 12.1. The number of benzene rings is 19. The average Bonchev–Trinajstić information content (AvgIpc) is 1.50. The van der Waals surface area contributed by atoms with Crippen molar-refractivity contribution < 1.29 is 0 Å². The molecule has 6 nitrogen and oxygen atoms in total. The Balaban J connectivity index is 0.000000145. The van der Waals surface area contributed by atoms with Crippen molar-refractivity contribution in [3.8, 4) is 124 Å². The molecule has 2 aromatic heterocycles. The van der Waals surface area contributed by atoms with Gasteiger partial charge < -0.3 is 0 Å². The number of fused-ring (bicyclic) bond motifs is 18. The SMILES string of the molecule is c1ccc(-c2ccc(-c3nc(-c4ccccc4)nc(-c4ccc(-c5ccc6c(c5)-c5ccccc5C65c6ccccc6C(c6ccccc6)(c6ccccc6)c6ccccc65)cc4)n3)cc2)cc1.c1ccc(-c2nc(-c3ccccc3)nc(-c3ccc(-c4cccc5c4-c4ccccc4C54c5ccccc5C(c5ccccc5)(c5ccccc5)c5ccccc54)cc3)n2)cc1. The highest BCUT2D eigenvalue weighted by Gasteiger charge is 2.59. The predicted octanol–water partition coefficient (Wildman–Crippen LogP) is 28.9. The molecule has 25 rings (SSSR count). The van der Waals surface area contributed by atoms with Crippen LogP contribution in [0.4, 0.5) is 0 Å². The van der Waals surface area contributed by atoms with Crippen molar-refractivity contribution in [1.29, 1.82) is 0 Å². The highest BCUT2D eigenvalue weighted by molar-refractivity contribution is 5.98. The Morgan fingerprint density at radius 1 is 0.115 bits per heavy atom. The number of aromatic nitrogens is 6. The van der Waals surface area contributed by atoms with Crippen LogP contribution in [0.5, 0.6) is 0 Å². The molecule has 0 aliphatic heterocycles. The maximum Gasteiger partial charge on any atom is 0.164 e. The third-order valence-corrected chi connectivity index (χ3v) is 27.4. The zero-order valence-electron chi connectivity index (χ0n) is 71.0. The van der Waals surface area contributed by atoms with E-state index in [1.54, 1.807) is 0 Å². The summed E-state index contributed by atoms with van der Waals surface area (Å²) in [6.45, 7) is 0. The van der Waals surface area contributed by atoms with E-state index in [1.807, 2.05) is 97.1 Å². The molecular weight excluding hydrogens is 1570 g/mol. The summed E-state index contributed by atoms with van der Waals surface area (Å²) in [4.78, 5) is 30.1. The van der Waals surface area contributed by atoms with Gasteiger partial charge in [-0.3, -0.25) is 0 Å². The van der Waals surface area contributed by atoms with Crippen LogP contribution >= 0.6 is 0 Å². The summed E-state index contributed by atoms with van der Waals surface area (Å²) in [7, 11) is 0. The molecule has 4 aliphatic rings. The second-order valence-electron chi connectivity index (χ2n) is 34.0. The predicted molar refractivity (Wildman–Crippen MR) is 527 cm³/mol. The van der Waals surface area contributed by atoms with E-state index in [4.69, 9.17) is 29.9 Å². The fourth-order valence-corrected chi connectivity index (χ4v) is 22.0. The first-order valence-corrected chi connectivity index (χ1v) is 44.6. The van der Waals surface area contributed by atoms with Crippen LogP contribution in [0, 0.1) is 0 Å². The Labute approximate surface area is 756 Å². The Kier molecular flexibility index (Phi) is 18.7. The summed E-state index contributed by atoms with van der Waals surface area (Å²) in [5, 5.41) is 0. The highest BCUT2D eigenvalue weighted by atomic mass is 15.0. The van der Waals surface area contributed by atoms with Crippen molar-refractivity contribution in [2.45, 2.75) is 21.7 Å². The monoisotopic (exact) mass is 1650 g/mol. The van der Waals surface area contributed by atoms with Crippen LogP contribution in [0.15, 0.2) is 497 Å². The largest absolute Gasteiger partial charge is 0.208 e. The standard InChI is InChI=1S/C65H43N3.C59H39N3/c1-5-19-44(20-6-1)45-33-37-48(38-34-45)62-66-61(47-21-7-2-8-22-47)67-63(68-62)49-39-35-46(36-40-49)50-41-42-56-54(43-50)53-27-13-14-28-55(53)65(56)59-31-17-15-29-57(59)64(51-23-9-3-10-24-51,52-25-11-4-12-26-52)58-30-16-18-32-60(58)65;1-5-20-41(21-6-1)55-60-56(42-22-7-2-8-23-42)62-57(61-55)43-38-36-40(37-39-43)46-29-19-35-53-54(46)47-28-13-14-30-48(47)59(53)51-33-17-15-31-49(51)58(44-24-9-3-10-25-44,45-26-11-4-12-27-45)50-32-16-18-34-52(50)59/h1-43H;1-39H. The van der Waals surface area contributed by atoms with Crippen molar-refractivity contribution >= 4 is 0 Å². The van der Waals surface area contributed by atoms with Gasteiger partial charge in [0.05, 0.1) is 21.7 Å². The van der Waals surface area contributed by atoms with Crippen LogP contribution < -0.4 is 0 Å². The molecule has 4 aliphatic carbocycles. The van der Waals surface area contributed by atoms with E-state index in [9.17, 15) is 0 Å². The van der Waals surface area contributed by atoms with Crippen LogP contribution in [-0.4, -0.2) is 29.9 Å². The Hall–Kier alpha value is -16.8. The van der Waals surface area contributed by atoms with Gasteiger partial charge in [-0.05, 0) is 151 Å². The van der Waals surface area contributed by atoms with E-state index in [1.165, 1.54) is 122 Å². The Bertz CT molecular complexity index is 7610. The van der Waals surface area contributed by atoms with Gasteiger partial charge in [-0.1, -0.05) is 491 Å². The zero-order chi connectivity index (χ0) is 86.2. The quantitative estimate of drug-likeness (QED) is 0.114. The number of hydrogen-bond acceptors (Lipinski definition) is 6. The van der Waals surface area contributed by atoms with Crippen molar-refractivity contribution in [3.63, 3.8) is 0 Å². The lowest BCUT2D eigenvalue weighted by atomic mass is 9.51. The lowest BCUT2D eigenvalue weighted by Crippen LogP contribution is -2.44. The second-order valence-corrected chi connectivity index (χ2v) is 34.0. The van der Waals surface area contributed by atoms with Gasteiger partial charge in [0.25, 0.3) is 0 Å². The van der Waals surface area contributed by atoms with Crippen LogP contribution in [0.1, 0.15) is 89.0 Å². The second kappa shape index (κ2) is 31.7. The molecule has 19 aromatic carbocycles. The molecule has 0 atom stereocenters. The van der Waals surface area contributed by atoms with E-state index < -0.39 is 21.7 Å². The molecule has 6 heteroatoms. The van der Waals surface area contributed by atoms with Gasteiger partial charge in [0.1, 0.15) is 0 Å². The summed E-state index contributed by atoms with van der Waals surface area (Å²) in [5.41, 5.74) is 36.2. The van der Waals surface area contributed by atoms with Gasteiger partial charge >= 0.3 is 0 Å². The average molecular weight is 1660 g/mol. The van der Waals surface area contributed by atoms with Crippen LogP contribution in [0.2, 0.25) is 0 Å². The topological polar surface area (TPSA) is 77.3 Å². The summed E-state index contributed by atoms with van der Waals surface area (Å²) in [6, 6.07) is 180. The van der Waals surface area contributed by atoms with Crippen molar-refractivity contribution in [2.75, 3.05) is 0 Å². The third-order valence-electron chi connectivity index (χ3n) is 27.4. The summed E-state index contributed by atoms with van der Waals surface area (Å²) >= 11 is 0. The molecule has 0 unspecified atom stereocenters. The fourth-order valence-electron chi connectivity index (χ4n) is 22.0. The molecule has 2 spiro atoms. The van der Waals surface area contributed by atoms with Gasteiger partial charge in [0.15, 0.2) is 34.9 Å². The molecule has 21 aromatic rings. The van der Waals surface area contributed by atoms with Gasteiger partial charge in [-0.15, -0.1) is 0 Å². The maximum atomic E-state index is 5.09. The molecule has 608 valence electrons. The minimum Gasteiger partial charge on any atom is -0.208 e. The van der Waals surface area contributed by atoms with Crippen LogP contribution in [-0.2, 0) is 21.7 Å². The zero-order valence-corrected chi connectivity index (χ0v) is 71.0. The summed E-state index contributed by atoms with van der Waals surface area (Å²) in [5.74, 6) is 3.86. The molecule has 130 heavy (non-hydrogen) atoms. The van der Waals surface area contributed by atoms with E-state index in [0.717, 1.165) is 55.6 Å². The summed E-state index contributed by atoms with van der Waals surface area (Å²) in [6.07, 6.45) is 0. The van der Waals surface area contributed by atoms with E-state index in [0.29, 0.717) is 34.9 Å². The molecule has 0 saturated heterocycles. The molecule has 0 radical (unpaired) electrons. The lowest BCUT2D eigenvalue weighted by molar-refractivity contribution is 0.623. The summed E-state index contributed by atoms with van der Waals surface area (Å²) < 4.78 is 0. The fraction of sp³-hybridized carbons (Fsp3) is 0.0323. The molecular formula is C124H82N6. The van der Waals surface area contributed by atoms with Crippen LogP contribution in [0.3, 0.4) is 0 Å². The molecule has 0 bridgehead atoms. The van der Waals surface area contributed by atoms with Gasteiger partial charge in [-0.25, -0.2) is 29.9 Å². The lowest BCUT2D eigenvalue weighted by Gasteiger charge is -2.50. The van der Waals surface area contributed by atoms with E-state index >= 15 is 0 Å². The first-order chi connectivity index (χ1) is 64.5. The number of rotatable bonds is 13. The minimum absolute atomic E-state index is 0.533. The van der Waals surface area contributed by atoms with Crippen LogP contribution in [0.25, 0.3) is 124 Å². The van der Waals surface area contributed by atoms with Crippen molar-refractivity contribution in [2.24, 2.45) is 0 Å². The van der Waals surface area contributed by atoms with Crippen molar-refractivity contribution in [1.82, 2.24) is 29.9 Å². The number of nitrogens with zero attached hydrogens (tertiary/aromatic N) is 6. The molecule has 0 amide bonds. The molecule has 0 fully saturated rings. The van der Waals surface area contributed by atoms with Gasteiger partial charge in [0.2, 0.25) is 0 Å².